The Hall–Kier alpha value is -5.12. The molecule has 0 bridgehead atoms. The number of aromatic carboxylic acids is 1. The number of rotatable bonds is 6. The third-order valence-electron chi connectivity index (χ3n) is 6.75. The molecule has 2 N–H and O–H groups in total. The van der Waals surface area contributed by atoms with E-state index in [9.17, 15) is 19.5 Å². The second kappa shape index (κ2) is 9.40. The van der Waals surface area contributed by atoms with Gasteiger partial charge in [0, 0.05) is 17.9 Å². The van der Waals surface area contributed by atoms with E-state index in [1.807, 2.05) is 48.5 Å². The number of anilines is 2. The Morgan fingerprint density at radius 3 is 2.66 bits per heavy atom. The van der Waals surface area contributed by atoms with Gasteiger partial charge in [-0.1, -0.05) is 36.4 Å². The molecule has 3 heterocycles. The molecule has 0 radical (unpaired) electrons. The van der Waals surface area contributed by atoms with E-state index >= 15 is 0 Å². The molecule has 4 aromatic rings. The number of nitrogens with one attached hydrogen (secondary N) is 1. The van der Waals surface area contributed by atoms with Crippen molar-refractivity contribution in [3.05, 3.63) is 102 Å². The maximum absolute atomic E-state index is 13.2. The van der Waals surface area contributed by atoms with Gasteiger partial charge in [0.15, 0.2) is 0 Å². The van der Waals surface area contributed by atoms with Crippen LogP contribution in [0.4, 0.5) is 17.1 Å². The molecule has 38 heavy (non-hydrogen) atoms. The molecule has 188 valence electrons. The highest BCUT2D eigenvalue weighted by Gasteiger charge is 2.36. The van der Waals surface area contributed by atoms with E-state index in [-0.39, 0.29) is 23.9 Å². The van der Waals surface area contributed by atoms with Crippen LogP contribution in [-0.2, 0) is 22.6 Å². The molecule has 2 aliphatic rings. The summed E-state index contributed by atoms with van der Waals surface area (Å²) in [5.74, 6) is -2.11. The molecule has 2 aliphatic heterocycles. The van der Waals surface area contributed by atoms with Gasteiger partial charge >= 0.3 is 5.97 Å². The van der Waals surface area contributed by atoms with Crippen LogP contribution in [0.1, 0.15) is 33.0 Å². The zero-order valence-electron chi connectivity index (χ0n) is 20.1. The van der Waals surface area contributed by atoms with Crippen molar-refractivity contribution in [2.24, 2.45) is 4.99 Å². The van der Waals surface area contributed by atoms with Crippen molar-refractivity contribution in [3.8, 4) is 0 Å². The van der Waals surface area contributed by atoms with E-state index in [1.54, 1.807) is 11.0 Å². The largest absolute Gasteiger partial charge is 0.478 e. The summed E-state index contributed by atoms with van der Waals surface area (Å²) in [6, 6.07) is 19.7. The number of amides is 2. The molecule has 0 aliphatic carbocycles. The Morgan fingerprint density at radius 1 is 1.05 bits per heavy atom. The summed E-state index contributed by atoms with van der Waals surface area (Å²) in [7, 11) is 0. The summed E-state index contributed by atoms with van der Waals surface area (Å²) in [6.45, 7) is 0.670. The van der Waals surface area contributed by atoms with E-state index in [0.29, 0.717) is 35.6 Å². The summed E-state index contributed by atoms with van der Waals surface area (Å²) in [4.78, 5) is 48.0. The third kappa shape index (κ3) is 4.21. The average Bonchev–Trinajstić information content (AvgIpc) is 3.65. The lowest BCUT2D eigenvalue weighted by molar-refractivity contribution is -0.119. The van der Waals surface area contributed by atoms with Crippen molar-refractivity contribution in [1.29, 1.82) is 0 Å². The zero-order valence-corrected chi connectivity index (χ0v) is 20.1. The average molecular weight is 507 g/mol. The van der Waals surface area contributed by atoms with Gasteiger partial charge in [0.05, 0.1) is 17.0 Å². The van der Waals surface area contributed by atoms with Gasteiger partial charge in [0.1, 0.15) is 25.1 Å². The number of fused-ring (bicyclic) bond motifs is 2. The molecule has 10 heteroatoms. The first-order chi connectivity index (χ1) is 18.5. The molecule has 6 rings (SSSR count). The summed E-state index contributed by atoms with van der Waals surface area (Å²) in [6.07, 6.45) is 3.60. The SMILES string of the molecule is O=C(O)c1ccc2c(c1)NC(=O)C2C(=Nc1ccc2c(c1)CCN2C(=O)Cn1cncn1)c1ccccc1. The van der Waals surface area contributed by atoms with E-state index in [4.69, 9.17) is 4.99 Å². The highest BCUT2D eigenvalue weighted by molar-refractivity contribution is 6.24. The molecular formula is C28H22N6O4. The Bertz CT molecular complexity index is 1600. The highest BCUT2D eigenvalue weighted by atomic mass is 16.4. The first kappa shape index (κ1) is 23.3. The smallest absolute Gasteiger partial charge is 0.335 e. The minimum absolute atomic E-state index is 0.0737. The number of hydrogen-bond donors (Lipinski definition) is 2. The number of hydrogen-bond acceptors (Lipinski definition) is 6. The minimum Gasteiger partial charge on any atom is -0.478 e. The first-order valence-electron chi connectivity index (χ1n) is 12.1. The second-order valence-corrected chi connectivity index (χ2v) is 9.09. The molecule has 0 saturated carbocycles. The highest BCUT2D eigenvalue weighted by Crippen LogP contribution is 2.38. The van der Waals surface area contributed by atoms with Gasteiger partial charge in [0.2, 0.25) is 11.8 Å². The van der Waals surface area contributed by atoms with Gasteiger partial charge in [-0.2, -0.15) is 5.10 Å². The number of aliphatic imine (C=N–C) groups is 1. The van der Waals surface area contributed by atoms with Crippen LogP contribution in [0.5, 0.6) is 0 Å². The maximum Gasteiger partial charge on any atom is 0.335 e. The van der Waals surface area contributed by atoms with Crippen molar-refractivity contribution < 1.29 is 19.5 Å². The number of aromatic nitrogens is 3. The third-order valence-corrected chi connectivity index (χ3v) is 6.75. The molecule has 1 unspecified atom stereocenters. The summed E-state index contributed by atoms with van der Waals surface area (Å²) >= 11 is 0. The quantitative estimate of drug-likeness (QED) is 0.386. The van der Waals surface area contributed by atoms with Crippen LogP contribution in [0.15, 0.2) is 84.4 Å². The predicted octanol–water partition coefficient (Wildman–Crippen LogP) is 3.42. The summed E-state index contributed by atoms with van der Waals surface area (Å²) in [5.41, 5.74) is 5.08. The molecule has 2 amide bonds. The maximum atomic E-state index is 13.2. The summed E-state index contributed by atoms with van der Waals surface area (Å²) < 4.78 is 1.50. The van der Waals surface area contributed by atoms with Crippen LogP contribution >= 0.6 is 0 Å². The molecule has 0 saturated heterocycles. The van der Waals surface area contributed by atoms with Crippen molar-refractivity contribution in [3.63, 3.8) is 0 Å². The van der Waals surface area contributed by atoms with Crippen molar-refractivity contribution >= 4 is 40.6 Å². The van der Waals surface area contributed by atoms with Gasteiger partial charge < -0.3 is 15.3 Å². The number of benzene rings is 3. The lowest BCUT2D eigenvalue weighted by Crippen LogP contribution is -2.32. The van der Waals surface area contributed by atoms with Crippen LogP contribution in [-0.4, -0.2) is 49.9 Å². The second-order valence-electron chi connectivity index (χ2n) is 9.09. The molecule has 1 atom stereocenters. The molecular weight excluding hydrogens is 484 g/mol. The number of carboxylic acid groups (broad SMARTS) is 1. The van der Waals surface area contributed by atoms with Crippen LogP contribution in [0.3, 0.4) is 0 Å². The predicted molar refractivity (Wildman–Crippen MR) is 140 cm³/mol. The van der Waals surface area contributed by atoms with Crippen LogP contribution in [0.2, 0.25) is 0 Å². The fourth-order valence-corrected chi connectivity index (χ4v) is 4.97. The fraction of sp³-hybridized carbons (Fsp3) is 0.143. The van der Waals surface area contributed by atoms with Crippen LogP contribution in [0.25, 0.3) is 0 Å². The van der Waals surface area contributed by atoms with Crippen molar-refractivity contribution in [1.82, 2.24) is 14.8 Å². The van der Waals surface area contributed by atoms with E-state index in [0.717, 1.165) is 16.8 Å². The lowest BCUT2D eigenvalue weighted by atomic mass is 9.90. The van der Waals surface area contributed by atoms with Gasteiger partial charge in [-0.05, 0) is 53.4 Å². The molecule has 3 aromatic carbocycles. The number of nitrogens with zero attached hydrogens (tertiary/aromatic N) is 5. The van der Waals surface area contributed by atoms with E-state index < -0.39 is 11.9 Å². The zero-order chi connectivity index (χ0) is 26.2. The fourth-order valence-electron chi connectivity index (χ4n) is 4.97. The standard InChI is InChI=1S/C28H22N6O4/c35-24(14-33-16-29-15-30-33)34-11-10-18-12-20(7-9-23(18)34)31-26(17-4-2-1-3-5-17)25-21-8-6-19(28(37)38)13-22(21)32-27(25)36/h1-9,12-13,15-16,25H,10-11,14H2,(H,32,36)(H,37,38). The molecule has 1 aromatic heterocycles. The van der Waals surface area contributed by atoms with Gasteiger partial charge in [-0.15, -0.1) is 0 Å². The molecule has 0 spiro atoms. The Morgan fingerprint density at radius 2 is 1.89 bits per heavy atom. The van der Waals surface area contributed by atoms with Crippen molar-refractivity contribution in [2.45, 2.75) is 18.9 Å². The molecule has 0 fully saturated rings. The Balaban J connectivity index is 1.36. The Kier molecular flexibility index (Phi) is 5.76. The number of carbonyl (C=O) groups is 3. The van der Waals surface area contributed by atoms with Crippen LogP contribution < -0.4 is 10.2 Å². The monoisotopic (exact) mass is 506 g/mol. The van der Waals surface area contributed by atoms with Crippen LogP contribution in [0, 0.1) is 0 Å². The number of carbonyl (C=O) groups excluding carboxylic acids is 2. The minimum atomic E-state index is -1.06. The van der Waals surface area contributed by atoms with Gasteiger partial charge in [-0.25, -0.2) is 14.5 Å². The van der Waals surface area contributed by atoms with E-state index in [1.165, 1.54) is 29.5 Å². The van der Waals surface area contributed by atoms with E-state index in [2.05, 4.69) is 15.4 Å². The van der Waals surface area contributed by atoms with Gasteiger partial charge in [0.25, 0.3) is 0 Å². The summed E-state index contributed by atoms with van der Waals surface area (Å²) in [5, 5.41) is 16.2. The topological polar surface area (TPSA) is 130 Å². The van der Waals surface area contributed by atoms with Crippen molar-refractivity contribution in [2.75, 3.05) is 16.8 Å². The molecule has 10 nitrogen and oxygen atoms in total. The number of carboxylic acids is 1. The lowest BCUT2D eigenvalue weighted by Gasteiger charge is -2.17. The first-order valence-corrected chi connectivity index (χ1v) is 12.1. The van der Waals surface area contributed by atoms with Gasteiger partial charge in [-0.3, -0.25) is 14.6 Å². The Labute approximate surface area is 217 Å². The normalized spacial score (nSPS) is 16.2.